The van der Waals surface area contributed by atoms with Crippen LogP contribution in [0.2, 0.25) is 5.02 Å². The first-order valence-electron chi connectivity index (χ1n) is 9.18. The molecule has 5 nitrogen and oxygen atoms in total. The van der Waals surface area contributed by atoms with Crippen LogP contribution < -0.4 is 0 Å². The number of rotatable bonds is 3. The Labute approximate surface area is 166 Å². The molecule has 1 amide bonds. The summed E-state index contributed by atoms with van der Waals surface area (Å²) >= 11 is 6.11. The van der Waals surface area contributed by atoms with Gasteiger partial charge in [-0.25, -0.2) is 0 Å². The van der Waals surface area contributed by atoms with Crippen LogP contribution >= 0.6 is 11.6 Å². The van der Waals surface area contributed by atoms with E-state index in [0.717, 1.165) is 11.1 Å². The molecule has 2 atom stereocenters. The highest BCUT2D eigenvalue weighted by atomic mass is 35.5. The number of Topliss-reactive ketones (excluding diaryl/α,β-unsaturated/α-hetero) is 1. The summed E-state index contributed by atoms with van der Waals surface area (Å²) in [6.07, 6.45) is 7.48. The number of aromatic nitrogens is 1. The van der Waals surface area contributed by atoms with Crippen LogP contribution in [0.4, 0.5) is 0 Å². The Morgan fingerprint density at radius 1 is 1.21 bits per heavy atom. The van der Waals surface area contributed by atoms with Gasteiger partial charge in [0, 0.05) is 35.9 Å². The van der Waals surface area contributed by atoms with Gasteiger partial charge in [-0.2, -0.15) is 0 Å². The summed E-state index contributed by atoms with van der Waals surface area (Å²) in [5.41, 5.74) is 2.22. The highest BCUT2D eigenvalue weighted by molar-refractivity contribution is 6.30. The molecule has 1 aromatic carbocycles. The number of hydrogen-bond donors (Lipinski definition) is 0. The van der Waals surface area contributed by atoms with E-state index >= 15 is 0 Å². The fourth-order valence-corrected chi connectivity index (χ4v) is 4.88. The van der Waals surface area contributed by atoms with Crippen molar-refractivity contribution in [2.75, 3.05) is 6.54 Å². The number of fused-ring (bicyclic) bond motifs is 2. The number of nitrogens with zero attached hydrogens (tertiary/aromatic N) is 2. The van der Waals surface area contributed by atoms with Gasteiger partial charge in [-0.1, -0.05) is 23.7 Å². The molecular weight excluding hydrogens is 376 g/mol. The number of furan rings is 1. The molecule has 2 unspecified atom stereocenters. The molecule has 0 aliphatic carbocycles. The Balaban J connectivity index is 1.71. The number of carbonyl (C=O) groups excluding carboxylic acids is 2. The van der Waals surface area contributed by atoms with Crippen LogP contribution in [0.3, 0.4) is 0 Å². The molecule has 1 fully saturated rings. The van der Waals surface area contributed by atoms with Crippen molar-refractivity contribution in [3.8, 4) is 0 Å². The van der Waals surface area contributed by atoms with Gasteiger partial charge in [0.1, 0.15) is 6.26 Å². The fourth-order valence-electron chi connectivity index (χ4n) is 4.75. The van der Waals surface area contributed by atoms with E-state index in [4.69, 9.17) is 16.0 Å². The third-order valence-corrected chi connectivity index (χ3v) is 6.26. The van der Waals surface area contributed by atoms with Crippen molar-refractivity contribution < 1.29 is 14.0 Å². The molecular formula is C22H17ClN2O3. The Bertz CT molecular complexity index is 1060. The predicted molar refractivity (Wildman–Crippen MR) is 103 cm³/mol. The first kappa shape index (κ1) is 17.2. The molecule has 0 spiro atoms. The van der Waals surface area contributed by atoms with E-state index < -0.39 is 5.54 Å². The van der Waals surface area contributed by atoms with Crippen molar-refractivity contribution in [1.29, 1.82) is 0 Å². The van der Waals surface area contributed by atoms with E-state index in [-0.39, 0.29) is 17.6 Å². The maximum absolute atomic E-state index is 13.4. The van der Waals surface area contributed by atoms with Crippen LogP contribution in [-0.4, -0.2) is 28.1 Å². The molecule has 5 rings (SSSR count). The molecule has 2 aliphatic heterocycles. The molecule has 28 heavy (non-hydrogen) atoms. The van der Waals surface area contributed by atoms with Gasteiger partial charge in [-0.15, -0.1) is 0 Å². The molecule has 140 valence electrons. The number of halogens is 1. The van der Waals surface area contributed by atoms with Crippen molar-refractivity contribution in [3.05, 3.63) is 88.6 Å². The summed E-state index contributed by atoms with van der Waals surface area (Å²) in [6.45, 7) is 0.525. The lowest BCUT2D eigenvalue weighted by Crippen LogP contribution is -2.54. The van der Waals surface area contributed by atoms with E-state index in [9.17, 15) is 9.59 Å². The van der Waals surface area contributed by atoms with Gasteiger partial charge in [0.25, 0.3) is 5.91 Å². The maximum atomic E-state index is 13.4. The molecule has 6 heteroatoms. The van der Waals surface area contributed by atoms with Gasteiger partial charge in [-0.05, 0) is 41.8 Å². The minimum atomic E-state index is -0.758. The van der Waals surface area contributed by atoms with E-state index in [0.29, 0.717) is 35.5 Å². The van der Waals surface area contributed by atoms with E-state index in [1.165, 1.54) is 12.5 Å². The van der Waals surface area contributed by atoms with Crippen molar-refractivity contribution in [1.82, 2.24) is 9.88 Å². The van der Waals surface area contributed by atoms with Crippen molar-refractivity contribution >= 4 is 23.3 Å². The normalized spacial score (nSPS) is 23.4. The Morgan fingerprint density at radius 3 is 2.79 bits per heavy atom. The number of benzene rings is 1. The lowest BCUT2D eigenvalue weighted by atomic mass is 9.70. The second-order valence-electron chi connectivity index (χ2n) is 7.32. The highest BCUT2D eigenvalue weighted by Crippen LogP contribution is 2.50. The van der Waals surface area contributed by atoms with Crippen LogP contribution in [0.25, 0.3) is 0 Å². The average molecular weight is 393 g/mol. The third kappa shape index (κ3) is 2.36. The molecule has 3 aromatic rings. The molecule has 2 aliphatic rings. The second-order valence-corrected chi connectivity index (χ2v) is 7.75. The van der Waals surface area contributed by atoms with Crippen LogP contribution in [0.15, 0.2) is 65.7 Å². The summed E-state index contributed by atoms with van der Waals surface area (Å²) in [5.74, 6) is -0.434. The second kappa shape index (κ2) is 6.31. The predicted octanol–water partition coefficient (Wildman–Crippen LogP) is 4.12. The molecule has 0 bridgehead atoms. The van der Waals surface area contributed by atoms with Gasteiger partial charge >= 0.3 is 0 Å². The Morgan fingerprint density at radius 2 is 2.04 bits per heavy atom. The van der Waals surface area contributed by atoms with Crippen molar-refractivity contribution in [2.24, 2.45) is 5.92 Å². The zero-order valence-corrected chi connectivity index (χ0v) is 15.7. The monoisotopic (exact) mass is 392 g/mol. The lowest BCUT2D eigenvalue weighted by Gasteiger charge is -2.46. The summed E-state index contributed by atoms with van der Waals surface area (Å²) < 4.78 is 5.13. The highest BCUT2D eigenvalue weighted by Gasteiger charge is 2.57. The summed E-state index contributed by atoms with van der Waals surface area (Å²) in [4.78, 5) is 32.8. The summed E-state index contributed by atoms with van der Waals surface area (Å²) in [6, 6.07) is 10.9. The zero-order valence-electron chi connectivity index (χ0n) is 15.0. The molecule has 0 N–H and O–H groups in total. The maximum Gasteiger partial charge on any atom is 0.255 e. The molecule has 0 saturated carbocycles. The van der Waals surface area contributed by atoms with E-state index in [2.05, 4.69) is 4.98 Å². The first-order valence-corrected chi connectivity index (χ1v) is 9.56. The topological polar surface area (TPSA) is 63.4 Å². The zero-order chi connectivity index (χ0) is 19.3. The lowest BCUT2D eigenvalue weighted by molar-refractivity contribution is 0.0438. The third-order valence-electron chi connectivity index (χ3n) is 6.00. The quantitative estimate of drug-likeness (QED) is 0.629. The van der Waals surface area contributed by atoms with E-state index in [1.807, 2.05) is 29.2 Å². The van der Waals surface area contributed by atoms with Crippen LogP contribution in [0.5, 0.6) is 0 Å². The Kier molecular flexibility index (Phi) is 3.88. The van der Waals surface area contributed by atoms with Crippen LogP contribution in [-0.2, 0) is 12.0 Å². The van der Waals surface area contributed by atoms with Gasteiger partial charge in [0.2, 0.25) is 0 Å². The molecule has 0 radical (unpaired) electrons. The molecule has 2 aromatic heterocycles. The van der Waals surface area contributed by atoms with Gasteiger partial charge in [-0.3, -0.25) is 14.6 Å². The van der Waals surface area contributed by atoms with Crippen molar-refractivity contribution in [2.45, 2.75) is 18.4 Å². The number of carbonyl (C=O) groups is 2. The average Bonchev–Trinajstić information content (AvgIpc) is 3.37. The number of pyridine rings is 1. The molecule has 1 saturated heterocycles. The summed E-state index contributed by atoms with van der Waals surface area (Å²) in [5, 5.41) is 0.617. The smallest absolute Gasteiger partial charge is 0.255 e. The van der Waals surface area contributed by atoms with Gasteiger partial charge in [0.15, 0.2) is 5.78 Å². The Hall–Kier alpha value is -2.92. The van der Waals surface area contributed by atoms with Crippen LogP contribution in [0, 0.1) is 5.92 Å². The molecule has 4 heterocycles. The van der Waals surface area contributed by atoms with E-state index in [1.54, 1.807) is 24.5 Å². The standard InChI is InChI=1S/C22H17ClN2O3/c23-17-3-1-16(2-4-17)22-11-15-12-24-8-5-18(15)21(27)25(22)9-6-19(22)20(26)14-7-10-28-13-14/h1-5,7-8,10,12-13,19H,6,9,11H2. The largest absolute Gasteiger partial charge is 0.472 e. The minimum absolute atomic E-state index is 0.00802. The number of ketones is 1. The first-order chi connectivity index (χ1) is 13.6. The van der Waals surface area contributed by atoms with Crippen LogP contribution in [0.1, 0.15) is 38.3 Å². The summed E-state index contributed by atoms with van der Waals surface area (Å²) in [7, 11) is 0. The number of amides is 1. The number of hydrogen-bond acceptors (Lipinski definition) is 4. The van der Waals surface area contributed by atoms with Gasteiger partial charge in [0.05, 0.1) is 23.3 Å². The van der Waals surface area contributed by atoms with Gasteiger partial charge < -0.3 is 9.32 Å². The van der Waals surface area contributed by atoms with Crippen molar-refractivity contribution in [3.63, 3.8) is 0 Å². The SMILES string of the molecule is O=C(c1ccoc1)C1CCN2C(=O)c3ccncc3CC12c1ccc(Cl)cc1. The minimum Gasteiger partial charge on any atom is -0.472 e. The fraction of sp³-hybridized carbons (Fsp3) is 0.227.